The van der Waals surface area contributed by atoms with Crippen LogP contribution < -0.4 is 0 Å². The van der Waals surface area contributed by atoms with Gasteiger partial charge in [-0.3, -0.25) is 4.84 Å². The molecule has 0 radical (unpaired) electrons. The zero-order chi connectivity index (χ0) is 28.3. The highest BCUT2D eigenvalue weighted by Crippen LogP contribution is 2.47. The molecule has 3 saturated heterocycles. The van der Waals surface area contributed by atoms with Crippen molar-refractivity contribution in [3.63, 3.8) is 0 Å². The van der Waals surface area contributed by atoms with Crippen molar-refractivity contribution in [2.24, 2.45) is 11.0 Å². The monoisotopic (exact) mass is 550 g/mol. The number of hydrogen-bond donors (Lipinski definition) is 6. The fourth-order valence-corrected chi connectivity index (χ4v) is 5.68. The third-order valence-electron chi connectivity index (χ3n) is 7.99. The summed E-state index contributed by atoms with van der Waals surface area (Å²) in [4.78, 5) is 8.09. The second-order valence-corrected chi connectivity index (χ2v) is 10.2. The Morgan fingerprint density at radius 2 is 1.68 bits per heavy atom. The Balaban J connectivity index is 1.90. The molecule has 0 aromatic rings. The molecule has 15 nitrogen and oxygen atoms in total. The molecule has 3 aliphatic heterocycles. The van der Waals surface area contributed by atoms with Gasteiger partial charge in [-0.25, -0.2) is 0 Å². The standard InChI is InChI=1S/C23H42N4O11/c1-5-22(3,33)14-15(30)12(10-28)35-20(16(14)31)23(6-2)37-18-13(11-29)36-21(17(32)19(18)38-23)27(34-4)9-7-8-25-26-24/h12-21,28-33H,5-11H2,1-4H3/t12?,13?,14?,15-,16?,17?,18-,19?,20-,21-,22?,23?/m1/s1. The smallest absolute Gasteiger partial charge is 0.198 e. The minimum atomic E-state index is -1.67. The summed E-state index contributed by atoms with van der Waals surface area (Å²) >= 11 is 0. The summed E-state index contributed by atoms with van der Waals surface area (Å²) in [6.07, 6.45) is -9.89. The summed E-state index contributed by atoms with van der Waals surface area (Å²) in [5.41, 5.74) is 6.98. The van der Waals surface area contributed by atoms with Crippen LogP contribution in [0.3, 0.4) is 0 Å². The molecule has 3 fully saturated rings. The van der Waals surface area contributed by atoms with Gasteiger partial charge in [0.2, 0.25) is 0 Å². The lowest BCUT2D eigenvalue weighted by molar-refractivity contribution is -0.331. The van der Waals surface area contributed by atoms with E-state index in [1.165, 1.54) is 19.1 Å². The average Bonchev–Trinajstić information content (AvgIpc) is 3.31. The second kappa shape index (κ2) is 13.0. The van der Waals surface area contributed by atoms with Crippen molar-refractivity contribution in [2.45, 2.75) is 106 Å². The fraction of sp³-hybridized carbons (Fsp3) is 1.00. The summed E-state index contributed by atoms with van der Waals surface area (Å²) < 4.78 is 24.4. The number of aliphatic hydroxyl groups excluding tert-OH is 5. The molecule has 0 aromatic carbocycles. The van der Waals surface area contributed by atoms with E-state index in [1.54, 1.807) is 13.8 Å². The Morgan fingerprint density at radius 1 is 1.03 bits per heavy atom. The molecule has 6 N–H and O–H groups in total. The lowest BCUT2D eigenvalue weighted by atomic mass is 9.72. The normalized spacial score (nSPS) is 42.9. The van der Waals surface area contributed by atoms with E-state index in [4.69, 9.17) is 29.3 Å². The van der Waals surface area contributed by atoms with Gasteiger partial charge in [-0.1, -0.05) is 19.0 Å². The summed E-state index contributed by atoms with van der Waals surface area (Å²) in [5.74, 6) is -2.78. The average molecular weight is 551 g/mol. The van der Waals surface area contributed by atoms with E-state index in [9.17, 15) is 30.6 Å². The number of ether oxygens (including phenoxy) is 4. The topological polar surface area (TPSA) is 220 Å². The number of aliphatic hydroxyl groups is 6. The van der Waals surface area contributed by atoms with Gasteiger partial charge in [0.25, 0.3) is 0 Å². The van der Waals surface area contributed by atoms with Gasteiger partial charge >= 0.3 is 0 Å². The quantitative estimate of drug-likeness (QED) is 0.0553. The molecule has 38 heavy (non-hydrogen) atoms. The molecular formula is C23H42N4O11. The second-order valence-electron chi connectivity index (χ2n) is 10.2. The van der Waals surface area contributed by atoms with Crippen LogP contribution in [-0.2, 0) is 23.8 Å². The zero-order valence-electron chi connectivity index (χ0n) is 22.2. The Bertz CT molecular complexity index is 818. The molecule has 0 bridgehead atoms. The van der Waals surface area contributed by atoms with Crippen LogP contribution in [0.25, 0.3) is 10.4 Å². The first kappa shape index (κ1) is 31.4. The SMILES string of the molecule is CCC(C)(O)C1C(O)[C@H](C2(CC)OC3C(O)[C@H](N(CCCN=[N+]=[N-])OC)OC(CO)[C@H]3O2)OC(CO)[C@H]1O. The first-order valence-corrected chi connectivity index (χ1v) is 13.0. The molecule has 8 unspecified atom stereocenters. The minimum Gasteiger partial charge on any atom is -0.394 e. The van der Waals surface area contributed by atoms with E-state index in [1.807, 2.05) is 0 Å². The number of azide groups is 1. The predicted octanol–water partition coefficient (Wildman–Crippen LogP) is -1.22. The number of nitrogens with zero attached hydrogens (tertiary/aromatic N) is 4. The predicted molar refractivity (Wildman–Crippen MR) is 129 cm³/mol. The number of hydroxylamine groups is 2. The first-order valence-electron chi connectivity index (χ1n) is 13.0. The molecule has 3 aliphatic rings. The maximum atomic E-state index is 11.4. The van der Waals surface area contributed by atoms with Crippen molar-refractivity contribution in [1.82, 2.24) is 5.06 Å². The van der Waals surface area contributed by atoms with Crippen molar-refractivity contribution in [3.8, 4) is 0 Å². The van der Waals surface area contributed by atoms with E-state index in [2.05, 4.69) is 10.0 Å². The summed E-state index contributed by atoms with van der Waals surface area (Å²) in [5, 5.41) is 69.3. The van der Waals surface area contributed by atoms with Crippen molar-refractivity contribution in [3.05, 3.63) is 10.4 Å². The highest BCUT2D eigenvalue weighted by atomic mass is 16.8. The van der Waals surface area contributed by atoms with Crippen LogP contribution in [0.15, 0.2) is 5.11 Å². The number of fused-ring (bicyclic) bond motifs is 1. The molecule has 0 saturated carbocycles. The van der Waals surface area contributed by atoms with Gasteiger partial charge in [-0.15, -0.1) is 0 Å². The number of rotatable bonds is 12. The van der Waals surface area contributed by atoms with Crippen LogP contribution in [0, 0.1) is 5.92 Å². The molecule has 0 amide bonds. The van der Waals surface area contributed by atoms with Crippen molar-refractivity contribution in [2.75, 3.05) is 33.4 Å². The van der Waals surface area contributed by atoms with Crippen molar-refractivity contribution in [1.29, 1.82) is 0 Å². The van der Waals surface area contributed by atoms with E-state index in [0.29, 0.717) is 6.42 Å². The highest BCUT2D eigenvalue weighted by Gasteiger charge is 2.65. The Kier molecular flexibility index (Phi) is 10.7. The van der Waals surface area contributed by atoms with E-state index < -0.39 is 85.6 Å². The van der Waals surface area contributed by atoms with E-state index >= 15 is 0 Å². The van der Waals surface area contributed by atoms with Crippen LogP contribution in [-0.4, -0.2) is 136 Å². The molecule has 0 aromatic heterocycles. The lowest BCUT2D eigenvalue weighted by Gasteiger charge is -2.51. The van der Waals surface area contributed by atoms with E-state index in [0.717, 1.165) is 0 Å². The summed E-state index contributed by atoms with van der Waals surface area (Å²) in [7, 11) is 1.39. The lowest BCUT2D eigenvalue weighted by Crippen LogP contribution is -2.67. The summed E-state index contributed by atoms with van der Waals surface area (Å²) in [6, 6.07) is 0. The Labute approximate surface area is 221 Å². The van der Waals surface area contributed by atoms with Crippen LogP contribution in [0.2, 0.25) is 0 Å². The molecule has 3 rings (SSSR count). The van der Waals surface area contributed by atoms with Gasteiger partial charge in [0, 0.05) is 30.3 Å². The van der Waals surface area contributed by atoms with Gasteiger partial charge in [0.05, 0.1) is 38.1 Å². The first-order chi connectivity index (χ1) is 18.0. The van der Waals surface area contributed by atoms with E-state index in [-0.39, 0.29) is 25.9 Å². The van der Waals surface area contributed by atoms with Gasteiger partial charge in [0.1, 0.15) is 36.6 Å². The van der Waals surface area contributed by atoms with Crippen molar-refractivity contribution < 1.29 is 54.4 Å². The maximum absolute atomic E-state index is 11.4. The Hall–Kier alpha value is -1.17. The largest absolute Gasteiger partial charge is 0.394 e. The molecule has 0 aliphatic carbocycles. The third kappa shape index (κ3) is 5.81. The highest BCUT2D eigenvalue weighted by molar-refractivity contribution is 5.08. The number of hydrogen-bond acceptors (Lipinski definition) is 13. The van der Waals surface area contributed by atoms with Crippen LogP contribution in [0.4, 0.5) is 0 Å². The van der Waals surface area contributed by atoms with Crippen LogP contribution in [0.5, 0.6) is 0 Å². The minimum absolute atomic E-state index is 0.118. The van der Waals surface area contributed by atoms with Gasteiger partial charge in [-0.2, -0.15) is 5.06 Å². The van der Waals surface area contributed by atoms with Gasteiger partial charge < -0.3 is 49.6 Å². The molecule has 0 spiro atoms. The molecule has 220 valence electrons. The van der Waals surface area contributed by atoms with Crippen molar-refractivity contribution >= 4 is 0 Å². The summed E-state index contributed by atoms with van der Waals surface area (Å²) in [6.45, 7) is 4.28. The van der Waals surface area contributed by atoms with Gasteiger partial charge in [0.15, 0.2) is 12.0 Å². The van der Waals surface area contributed by atoms with Crippen LogP contribution >= 0.6 is 0 Å². The Morgan fingerprint density at radius 3 is 2.24 bits per heavy atom. The van der Waals surface area contributed by atoms with Gasteiger partial charge in [-0.05, 0) is 25.3 Å². The molecule has 12 atom stereocenters. The van der Waals surface area contributed by atoms with Crippen LogP contribution in [0.1, 0.15) is 40.0 Å². The molecule has 15 heteroatoms. The zero-order valence-corrected chi connectivity index (χ0v) is 22.2. The fourth-order valence-electron chi connectivity index (χ4n) is 5.68. The maximum Gasteiger partial charge on any atom is 0.198 e. The molecule has 3 heterocycles. The molecular weight excluding hydrogens is 508 g/mol. The third-order valence-corrected chi connectivity index (χ3v) is 7.99.